The summed E-state index contributed by atoms with van der Waals surface area (Å²) in [7, 11) is -2.84. The molecule has 20 heavy (non-hydrogen) atoms. The molecule has 0 aromatic rings. The molecular weight excluding hydrogens is 299 g/mol. The minimum absolute atomic E-state index is 0.0250. The number of ether oxygens (including phenoxy) is 1. The van der Waals surface area contributed by atoms with E-state index in [4.69, 9.17) is 0 Å². The monoisotopic (exact) mass is 319 g/mol. The lowest BCUT2D eigenvalue weighted by molar-refractivity contribution is -0.143. The highest BCUT2D eigenvalue weighted by Crippen LogP contribution is 2.21. The van der Waals surface area contributed by atoms with Crippen LogP contribution in [0.4, 0.5) is 13.2 Å². The summed E-state index contributed by atoms with van der Waals surface area (Å²) in [5, 5.41) is 0. The molecule has 0 aromatic heterocycles. The Morgan fingerprint density at radius 1 is 1.30 bits per heavy atom. The number of methoxy groups -OCH3 is 1. The number of hydrogen-bond donors (Lipinski definition) is 1. The smallest absolute Gasteiger partial charge is 0.389 e. The van der Waals surface area contributed by atoms with Crippen molar-refractivity contribution in [1.29, 1.82) is 0 Å². The van der Waals surface area contributed by atoms with E-state index in [0.717, 1.165) is 7.11 Å². The van der Waals surface area contributed by atoms with Gasteiger partial charge in [-0.2, -0.15) is 13.2 Å². The lowest BCUT2D eigenvalue weighted by atomic mass is 10.1. The summed E-state index contributed by atoms with van der Waals surface area (Å²) in [5.74, 6) is -1.41. The van der Waals surface area contributed by atoms with Crippen LogP contribution in [0.15, 0.2) is 0 Å². The second-order valence-electron chi connectivity index (χ2n) is 4.86. The van der Waals surface area contributed by atoms with Gasteiger partial charge in [0.05, 0.1) is 12.9 Å². The number of sulfonamides is 1. The largest absolute Gasteiger partial charge is 0.468 e. The Morgan fingerprint density at radius 3 is 2.25 bits per heavy atom. The second-order valence-corrected chi connectivity index (χ2v) is 6.73. The van der Waals surface area contributed by atoms with Gasteiger partial charge in [0.25, 0.3) is 0 Å². The first-order valence-electron chi connectivity index (χ1n) is 6.11. The summed E-state index contributed by atoms with van der Waals surface area (Å²) in [6.07, 6.45) is -5.91. The van der Waals surface area contributed by atoms with Crippen LogP contribution < -0.4 is 4.72 Å². The Hall–Kier alpha value is -0.830. The third kappa shape index (κ3) is 9.13. The number of esters is 1. The number of rotatable bonds is 8. The first-order valence-corrected chi connectivity index (χ1v) is 7.76. The highest BCUT2D eigenvalue weighted by atomic mass is 32.2. The van der Waals surface area contributed by atoms with E-state index in [1.54, 1.807) is 13.8 Å². The van der Waals surface area contributed by atoms with Crippen molar-refractivity contribution < 1.29 is 31.1 Å². The Balaban J connectivity index is 4.56. The van der Waals surface area contributed by atoms with Gasteiger partial charge in [-0.3, -0.25) is 4.79 Å². The van der Waals surface area contributed by atoms with Gasteiger partial charge in [0, 0.05) is 6.42 Å². The molecule has 0 rings (SSSR count). The van der Waals surface area contributed by atoms with E-state index in [2.05, 4.69) is 9.46 Å². The van der Waals surface area contributed by atoms with Crippen molar-refractivity contribution in [3.05, 3.63) is 0 Å². The zero-order valence-electron chi connectivity index (χ0n) is 11.7. The molecule has 0 saturated heterocycles. The maximum absolute atomic E-state index is 12.0. The normalized spacial score (nSPS) is 14.3. The number of hydrogen-bond acceptors (Lipinski definition) is 4. The van der Waals surface area contributed by atoms with Crippen LogP contribution in [0.25, 0.3) is 0 Å². The maximum atomic E-state index is 12.0. The van der Waals surface area contributed by atoms with Crippen molar-refractivity contribution in [2.24, 2.45) is 5.92 Å². The highest BCUT2D eigenvalue weighted by molar-refractivity contribution is 7.89. The Labute approximate surface area is 116 Å². The van der Waals surface area contributed by atoms with E-state index in [0.29, 0.717) is 0 Å². The lowest BCUT2D eigenvalue weighted by Crippen LogP contribution is -2.43. The molecule has 0 aromatic carbocycles. The zero-order valence-corrected chi connectivity index (χ0v) is 12.5. The lowest BCUT2D eigenvalue weighted by Gasteiger charge is -2.18. The van der Waals surface area contributed by atoms with Crippen molar-refractivity contribution in [2.75, 3.05) is 12.9 Å². The molecule has 0 radical (unpaired) electrons. The van der Waals surface area contributed by atoms with Gasteiger partial charge in [0.15, 0.2) is 0 Å². The van der Waals surface area contributed by atoms with Crippen LogP contribution in [0, 0.1) is 5.92 Å². The van der Waals surface area contributed by atoms with E-state index < -0.39 is 46.8 Å². The average molecular weight is 319 g/mol. The predicted molar refractivity (Wildman–Crippen MR) is 67.5 cm³/mol. The van der Waals surface area contributed by atoms with Gasteiger partial charge in [-0.05, 0) is 18.8 Å². The van der Waals surface area contributed by atoms with Crippen LogP contribution in [0.3, 0.4) is 0 Å². The van der Waals surface area contributed by atoms with E-state index in [9.17, 15) is 26.4 Å². The molecule has 0 heterocycles. The predicted octanol–water partition coefficient (Wildman–Crippen LogP) is 1.84. The van der Waals surface area contributed by atoms with Crippen LogP contribution in [-0.4, -0.2) is 39.5 Å². The summed E-state index contributed by atoms with van der Waals surface area (Å²) in [6.45, 7) is 3.57. The van der Waals surface area contributed by atoms with Gasteiger partial charge in [0.1, 0.15) is 6.04 Å². The van der Waals surface area contributed by atoms with Crippen molar-refractivity contribution >= 4 is 16.0 Å². The summed E-state index contributed by atoms with van der Waals surface area (Å²) >= 11 is 0. The van der Waals surface area contributed by atoms with Gasteiger partial charge in [-0.1, -0.05) is 13.8 Å². The molecular formula is C11H20F3NO4S. The standard InChI is InChI=1S/C11H20F3NO4S/c1-8(2)7-9(10(16)19-3)15-20(17,18)6-4-5-11(12,13)14/h8-9,15H,4-7H2,1-3H3. The number of carbonyl (C=O) groups excluding carboxylic acids is 1. The van der Waals surface area contributed by atoms with Gasteiger partial charge in [-0.15, -0.1) is 0 Å². The third-order valence-electron chi connectivity index (χ3n) is 2.39. The van der Waals surface area contributed by atoms with Crippen molar-refractivity contribution in [3.8, 4) is 0 Å². The number of halogens is 3. The SMILES string of the molecule is COC(=O)C(CC(C)C)NS(=O)(=O)CCCC(F)(F)F. The van der Waals surface area contributed by atoms with E-state index in [-0.39, 0.29) is 12.3 Å². The summed E-state index contributed by atoms with van der Waals surface area (Å²) in [5.41, 5.74) is 0. The average Bonchev–Trinajstić information content (AvgIpc) is 2.23. The van der Waals surface area contributed by atoms with Gasteiger partial charge >= 0.3 is 12.1 Å². The van der Waals surface area contributed by atoms with Crippen LogP contribution in [-0.2, 0) is 19.6 Å². The molecule has 0 amide bonds. The van der Waals surface area contributed by atoms with Gasteiger partial charge in [0.2, 0.25) is 10.0 Å². The maximum Gasteiger partial charge on any atom is 0.389 e. The zero-order chi connectivity index (χ0) is 16.0. The van der Waals surface area contributed by atoms with Crippen LogP contribution in [0.2, 0.25) is 0 Å². The Kier molecular flexibility index (Phi) is 7.50. The molecule has 9 heteroatoms. The molecule has 0 aliphatic rings. The molecule has 0 fully saturated rings. The first kappa shape index (κ1) is 19.2. The molecule has 120 valence electrons. The molecule has 0 spiro atoms. The quantitative estimate of drug-likeness (QED) is 0.693. The molecule has 1 N–H and O–H groups in total. The third-order valence-corrected chi connectivity index (χ3v) is 3.86. The fourth-order valence-corrected chi connectivity index (χ4v) is 2.81. The fourth-order valence-electron chi connectivity index (χ4n) is 1.54. The summed E-state index contributed by atoms with van der Waals surface area (Å²) in [6, 6.07) is -1.07. The molecule has 0 saturated carbocycles. The van der Waals surface area contributed by atoms with Crippen LogP contribution in [0.5, 0.6) is 0 Å². The van der Waals surface area contributed by atoms with Gasteiger partial charge < -0.3 is 4.74 Å². The molecule has 0 aliphatic heterocycles. The van der Waals surface area contributed by atoms with Crippen LogP contribution >= 0.6 is 0 Å². The Bertz CT molecular complexity index is 406. The van der Waals surface area contributed by atoms with Crippen molar-refractivity contribution in [3.63, 3.8) is 0 Å². The summed E-state index contributed by atoms with van der Waals surface area (Å²) in [4.78, 5) is 11.4. The molecule has 0 bridgehead atoms. The van der Waals surface area contributed by atoms with Crippen molar-refractivity contribution in [2.45, 2.75) is 45.3 Å². The molecule has 1 unspecified atom stereocenters. The van der Waals surface area contributed by atoms with E-state index in [1.165, 1.54) is 0 Å². The van der Waals surface area contributed by atoms with E-state index >= 15 is 0 Å². The minimum Gasteiger partial charge on any atom is -0.468 e. The number of carbonyl (C=O) groups is 1. The number of alkyl halides is 3. The Morgan fingerprint density at radius 2 is 1.85 bits per heavy atom. The molecule has 5 nitrogen and oxygen atoms in total. The van der Waals surface area contributed by atoms with Crippen molar-refractivity contribution in [1.82, 2.24) is 4.72 Å². The van der Waals surface area contributed by atoms with Crippen LogP contribution in [0.1, 0.15) is 33.1 Å². The summed E-state index contributed by atoms with van der Waals surface area (Å²) < 4.78 is 65.7. The molecule has 1 atom stereocenters. The highest BCUT2D eigenvalue weighted by Gasteiger charge is 2.29. The minimum atomic E-state index is -4.39. The molecule has 0 aliphatic carbocycles. The van der Waals surface area contributed by atoms with E-state index in [1.807, 2.05) is 0 Å². The van der Waals surface area contributed by atoms with Gasteiger partial charge in [-0.25, -0.2) is 13.1 Å². The second kappa shape index (κ2) is 7.82. The fraction of sp³-hybridized carbons (Fsp3) is 0.909. The topological polar surface area (TPSA) is 72.5 Å². The number of nitrogens with one attached hydrogen (secondary N) is 1. The first-order chi connectivity index (χ1) is 8.97.